The Hall–Kier alpha value is -2.18. The molecule has 2 atom stereocenters. The third kappa shape index (κ3) is 4.01. The van der Waals surface area contributed by atoms with Gasteiger partial charge in [0, 0.05) is 31.4 Å². The molecule has 3 rings (SSSR count). The molecule has 1 aromatic carbocycles. The molecule has 0 aliphatic carbocycles. The summed E-state index contributed by atoms with van der Waals surface area (Å²) in [5, 5.41) is 20.0. The number of benzene rings is 1. The molecule has 0 spiro atoms. The van der Waals surface area contributed by atoms with E-state index in [0.29, 0.717) is 19.5 Å². The van der Waals surface area contributed by atoms with Gasteiger partial charge in [0.25, 0.3) is 0 Å². The molecule has 0 bridgehead atoms. The highest BCUT2D eigenvalue weighted by Crippen LogP contribution is 2.17. The maximum absolute atomic E-state index is 12.3. The molecule has 6 heteroatoms. The number of hydrogen-bond donors (Lipinski definition) is 3. The normalized spacial score (nSPS) is 20.2. The van der Waals surface area contributed by atoms with E-state index in [4.69, 9.17) is 0 Å². The van der Waals surface area contributed by atoms with Crippen LogP contribution in [0.5, 0.6) is 0 Å². The number of aromatic amines is 1. The Morgan fingerprint density at radius 1 is 1.38 bits per heavy atom. The van der Waals surface area contributed by atoms with Crippen molar-refractivity contribution < 1.29 is 9.90 Å². The average Bonchev–Trinajstić information content (AvgIpc) is 3.24. The summed E-state index contributed by atoms with van der Waals surface area (Å²) in [6.07, 6.45) is 1.81. The van der Waals surface area contributed by atoms with E-state index < -0.39 is 6.10 Å². The Kier molecular flexibility index (Phi) is 5.27. The molecule has 1 amide bonds. The third-order valence-corrected chi connectivity index (χ3v) is 4.42. The SMILES string of the molecule is CN(CCCc1cc(-c2ccccc2)n[nH]1)C(=O)[C@@H]1C[C@@H](O)CN1. The minimum atomic E-state index is -0.409. The second-order valence-electron chi connectivity index (χ2n) is 6.36. The van der Waals surface area contributed by atoms with Crippen molar-refractivity contribution in [3.63, 3.8) is 0 Å². The number of rotatable bonds is 6. The Labute approximate surface area is 141 Å². The van der Waals surface area contributed by atoms with Crippen molar-refractivity contribution in [3.8, 4) is 11.3 Å². The maximum atomic E-state index is 12.3. The van der Waals surface area contributed by atoms with E-state index in [2.05, 4.69) is 21.6 Å². The van der Waals surface area contributed by atoms with E-state index in [1.54, 1.807) is 4.90 Å². The van der Waals surface area contributed by atoms with Crippen LogP contribution in [0.1, 0.15) is 18.5 Å². The first-order valence-electron chi connectivity index (χ1n) is 8.39. The number of carbonyl (C=O) groups is 1. The van der Waals surface area contributed by atoms with Crippen LogP contribution in [0.2, 0.25) is 0 Å². The van der Waals surface area contributed by atoms with Crippen molar-refractivity contribution in [1.29, 1.82) is 0 Å². The summed E-state index contributed by atoms with van der Waals surface area (Å²) in [5.41, 5.74) is 3.11. The van der Waals surface area contributed by atoms with Gasteiger partial charge >= 0.3 is 0 Å². The Morgan fingerprint density at radius 3 is 2.88 bits per heavy atom. The Morgan fingerprint density at radius 2 is 2.17 bits per heavy atom. The van der Waals surface area contributed by atoms with E-state index in [0.717, 1.165) is 29.8 Å². The molecule has 24 heavy (non-hydrogen) atoms. The van der Waals surface area contributed by atoms with Gasteiger partial charge in [-0.15, -0.1) is 0 Å². The highest BCUT2D eigenvalue weighted by atomic mass is 16.3. The van der Waals surface area contributed by atoms with Crippen molar-refractivity contribution in [2.24, 2.45) is 0 Å². The zero-order valence-corrected chi connectivity index (χ0v) is 13.9. The highest BCUT2D eigenvalue weighted by Gasteiger charge is 2.29. The second-order valence-corrected chi connectivity index (χ2v) is 6.36. The lowest BCUT2D eigenvalue weighted by Gasteiger charge is -2.20. The third-order valence-electron chi connectivity index (χ3n) is 4.42. The molecule has 1 aliphatic rings. The molecule has 1 aromatic heterocycles. The molecule has 0 radical (unpaired) electrons. The molecular weight excluding hydrogens is 304 g/mol. The number of likely N-dealkylation sites (N-methyl/N-ethyl adjacent to an activating group) is 1. The van der Waals surface area contributed by atoms with Crippen molar-refractivity contribution in [1.82, 2.24) is 20.4 Å². The van der Waals surface area contributed by atoms with E-state index >= 15 is 0 Å². The number of β-amino-alcohol motifs (C(OH)–C–C–N with tert-alkyl or cyclic N) is 1. The largest absolute Gasteiger partial charge is 0.392 e. The van der Waals surface area contributed by atoms with Gasteiger partial charge in [-0.2, -0.15) is 5.10 Å². The molecule has 6 nitrogen and oxygen atoms in total. The van der Waals surface area contributed by atoms with Crippen molar-refractivity contribution >= 4 is 5.91 Å². The summed E-state index contributed by atoms with van der Waals surface area (Å²) in [6.45, 7) is 1.19. The predicted octanol–water partition coefficient (Wildman–Crippen LogP) is 1.19. The number of nitrogens with one attached hydrogen (secondary N) is 2. The number of hydrogen-bond acceptors (Lipinski definition) is 4. The number of amides is 1. The fraction of sp³-hybridized carbons (Fsp3) is 0.444. The van der Waals surface area contributed by atoms with Gasteiger partial charge in [0.05, 0.1) is 17.8 Å². The summed E-state index contributed by atoms with van der Waals surface area (Å²) in [6, 6.07) is 11.9. The van der Waals surface area contributed by atoms with Crippen LogP contribution in [0.25, 0.3) is 11.3 Å². The molecule has 128 valence electrons. The van der Waals surface area contributed by atoms with Crippen LogP contribution < -0.4 is 5.32 Å². The van der Waals surface area contributed by atoms with Crippen LogP contribution in [0.4, 0.5) is 0 Å². The van der Waals surface area contributed by atoms with Gasteiger partial charge in [-0.3, -0.25) is 9.89 Å². The minimum Gasteiger partial charge on any atom is -0.392 e. The number of aliphatic hydroxyl groups excluding tert-OH is 1. The first-order valence-corrected chi connectivity index (χ1v) is 8.39. The molecule has 0 unspecified atom stereocenters. The number of nitrogens with zero attached hydrogens (tertiary/aromatic N) is 2. The van der Waals surface area contributed by atoms with Gasteiger partial charge in [0.15, 0.2) is 0 Å². The number of aliphatic hydroxyl groups is 1. The summed E-state index contributed by atoms with van der Waals surface area (Å²) in [5.74, 6) is 0.0566. The molecule has 2 aromatic rings. The van der Waals surface area contributed by atoms with Crippen LogP contribution in [0.3, 0.4) is 0 Å². The van der Waals surface area contributed by atoms with Crippen LogP contribution in [-0.4, -0.2) is 58.4 Å². The van der Waals surface area contributed by atoms with E-state index in [-0.39, 0.29) is 11.9 Å². The lowest BCUT2D eigenvalue weighted by molar-refractivity contribution is -0.131. The first-order chi connectivity index (χ1) is 11.6. The van der Waals surface area contributed by atoms with Crippen molar-refractivity contribution in [3.05, 3.63) is 42.1 Å². The Bertz CT molecular complexity index is 671. The summed E-state index contributed by atoms with van der Waals surface area (Å²) < 4.78 is 0. The second kappa shape index (κ2) is 7.59. The standard InChI is InChI=1S/C18H24N4O2/c1-22(18(24)17-11-15(23)12-19-17)9-5-8-14-10-16(21-20-14)13-6-3-2-4-7-13/h2-4,6-7,10,15,17,19,23H,5,8-9,11-12H2,1H3,(H,20,21)/t15-,17+/m1/s1. The van der Waals surface area contributed by atoms with Crippen LogP contribution in [-0.2, 0) is 11.2 Å². The molecule has 2 heterocycles. The van der Waals surface area contributed by atoms with Gasteiger partial charge in [0.2, 0.25) is 5.91 Å². The fourth-order valence-electron chi connectivity index (χ4n) is 3.03. The van der Waals surface area contributed by atoms with Crippen molar-refractivity contribution in [2.45, 2.75) is 31.4 Å². The zero-order valence-electron chi connectivity index (χ0n) is 13.9. The zero-order chi connectivity index (χ0) is 16.9. The van der Waals surface area contributed by atoms with Gasteiger partial charge in [-0.25, -0.2) is 0 Å². The van der Waals surface area contributed by atoms with E-state index in [1.165, 1.54) is 0 Å². The van der Waals surface area contributed by atoms with Gasteiger partial charge in [-0.05, 0) is 25.3 Å². The van der Waals surface area contributed by atoms with Crippen LogP contribution in [0.15, 0.2) is 36.4 Å². The quantitative estimate of drug-likeness (QED) is 0.744. The van der Waals surface area contributed by atoms with Gasteiger partial charge < -0.3 is 15.3 Å². The van der Waals surface area contributed by atoms with E-state index in [9.17, 15) is 9.90 Å². The van der Waals surface area contributed by atoms with Crippen molar-refractivity contribution in [2.75, 3.05) is 20.1 Å². The molecule has 1 saturated heterocycles. The lowest BCUT2D eigenvalue weighted by Crippen LogP contribution is -2.42. The first kappa shape index (κ1) is 16.7. The monoisotopic (exact) mass is 328 g/mol. The van der Waals surface area contributed by atoms with Crippen LogP contribution in [0, 0.1) is 0 Å². The number of carbonyl (C=O) groups excluding carboxylic acids is 1. The number of aryl methyl sites for hydroxylation is 1. The maximum Gasteiger partial charge on any atom is 0.239 e. The molecule has 0 saturated carbocycles. The summed E-state index contributed by atoms with van der Waals surface area (Å²) in [4.78, 5) is 14.0. The van der Waals surface area contributed by atoms with Crippen LogP contribution >= 0.6 is 0 Å². The predicted molar refractivity (Wildman–Crippen MR) is 92.4 cm³/mol. The Balaban J connectivity index is 1.46. The van der Waals surface area contributed by atoms with E-state index in [1.807, 2.05) is 37.4 Å². The smallest absolute Gasteiger partial charge is 0.239 e. The summed E-state index contributed by atoms with van der Waals surface area (Å²) in [7, 11) is 1.82. The topological polar surface area (TPSA) is 81.2 Å². The molecular formula is C18H24N4O2. The fourth-order valence-corrected chi connectivity index (χ4v) is 3.03. The highest BCUT2D eigenvalue weighted by molar-refractivity contribution is 5.82. The van der Waals surface area contributed by atoms with Gasteiger partial charge in [-0.1, -0.05) is 30.3 Å². The number of aromatic nitrogens is 2. The average molecular weight is 328 g/mol. The minimum absolute atomic E-state index is 0.0566. The molecule has 1 aliphatic heterocycles. The molecule has 1 fully saturated rings. The van der Waals surface area contributed by atoms with Gasteiger partial charge in [0.1, 0.15) is 0 Å². The summed E-state index contributed by atoms with van der Waals surface area (Å²) >= 11 is 0. The molecule has 3 N–H and O–H groups in total. The lowest BCUT2D eigenvalue weighted by atomic mass is 10.1. The number of H-pyrrole nitrogens is 1.